The maximum atomic E-state index is 12.6. The Kier molecular flexibility index (Phi) is 4.77. The first-order valence-corrected chi connectivity index (χ1v) is 8.73. The summed E-state index contributed by atoms with van der Waals surface area (Å²) in [6.45, 7) is 0. The standard InChI is InChI=1S/C16H11F3N2OS2/c17-16(18,19)12-6-4-11(5-7-12)15-20-13(10-24-15)9-23-14-3-1-2-8-21(14)22/h1-8,10H,9H2. The molecule has 0 radical (unpaired) electrons. The maximum Gasteiger partial charge on any atom is 0.416 e. The van der Waals surface area contributed by atoms with Crippen LogP contribution < -0.4 is 4.73 Å². The van der Waals surface area contributed by atoms with Crippen molar-refractivity contribution < 1.29 is 17.9 Å². The zero-order chi connectivity index (χ0) is 17.2. The molecule has 0 aliphatic rings. The molecule has 0 aliphatic carbocycles. The van der Waals surface area contributed by atoms with Gasteiger partial charge in [-0.3, -0.25) is 0 Å². The van der Waals surface area contributed by atoms with Crippen molar-refractivity contribution in [2.75, 3.05) is 0 Å². The van der Waals surface area contributed by atoms with Gasteiger partial charge in [-0.1, -0.05) is 12.1 Å². The van der Waals surface area contributed by atoms with Gasteiger partial charge in [-0.15, -0.1) is 11.3 Å². The second-order valence-corrected chi connectivity index (χ2v) is 6.73. The van der Waals surface area contributed by atoms with E-state index in [9.17, 15) is 18.4 Å². The third kappa shape index (κ3) is 3.88. The first-order valence-electron chi connectivity index (χ1n) is 6.86. The van der Waals surface area contributed by atoms with Gasteiger partial charge in [-0.2, -0.15) is 17.9 Å². The second kappa shape index (κ2) is 6.82. The van der Waals surface area contributed by atoms with Gasteiger partial charge in [-0.05, 0) is 30.0 Å². The van der Waals surface area contributed by atoms with Gasteiger partial charge >= 0.3 is 6.18 Å². The van der Waals surface area contributed by atoms with Crippen molar-refractivity contribution in [2.45, 2.75) is 17.0 Å². The topological polar surface area (TPSA) is 39.8 Å². The zero-order valence-corrected chi connectivity index (χ0v) is 13.8. The van der Waals surface area contributed by atoms with E-state index in [2.05, 4.69) is 4.98 Å². The van der Waals surface area contributed by atoms with Crippen LogP contribution in [0.1, 0.15) is 11.3 Å². The third-order valence-corrected chi connectivity index (χ3v) is 5.16. The average molecular weight is 368 g/mol. The van der Waals surface area contributed by atoms with Gasteiger partial charge in [0, 0.05) is 28.8 Å². The van der Waals surface area contributed by atoms with Crippen LogP contribution in [-0.4, -0.2) is 4.98 Å². The number of rotatable bonds is 4. The summed E-state index contributed by atoms with van der Waals surface area (Å²) in [5.74, 6) is 0.517. The number of benzene rings is 1. The maximum absolute atomic E-state index is 12.6. The van der Waals surface area contributed by atoms with Crippen LogP contribution in [0.5, 0.6) is 0 Å². The number of pyridine rings is 1. The summed E-state index contributed by atoms with van der Waals surface area (Å²) in [7, 11) is 0. The SMILES string of the molecule is [O-][n+]1ccccc1SCc1csc(-c2ccc(C(F)(F)F)cc2)n1. The van der Waals surface area contributed by atoms with Gasteiger partial charge in [0.1, 0.15) is 5.01 Å². The van der Waals surface area contributed by atoms with Crippen molar-refractivity contribution >= 4 is 23.1 Å². The number of hydrogen-bond acceptors (Lipinski definition) is 4. The highest BCUT2D eigenvalue weighted by Gasteiger charge is 2.30. The normalized spacial score (nSPS) is 11.6. The Labute approximate surface area is 144 Å². The summed E-state index contributed by atoms with van der Waals surface area (Å²) >= 11 is 2.73. The first kappa shape index (κ1) is 16.8. The highest BCUT2D eigenvalue weighted by molar-refractivity contribution is 7.98. The lowest BCUT2D eigenvalue weighted by molar-refractivity contribution is -0.645. The molecule has 0 atom stereocenters. The van der Waals surface area contributed by atoms with Crippen molar-refractivity contribution in [2.24, 2.45) is 0 Å². The van der Waals surface area contributed by atoms with E-state index in [0.29, 0.717) is 21.3 Å². The van der Waals surface area contributed by atoms with Gasteiger partial charge in [0.05, 0.1) is 11.3 Å². The summed E-state index contributed by atoms with van der Waals surface area (Å²) in [6, 6.07) is 10.1. The van der Waals surface area contributed by atoms with Crippen LogP contribution in [0.25, 0.3) is 10.6 Å². The van der Waals surface area contributed by atoms with Crippen LogP contribution >= 0.6 is 23.1 Å². The fourth-order valence-corrected chi connectivity index (χ4v) is 3.72. The van der Waals surface area contributed by atoms with Crippen LogP contribution in [-0.2, 0) is 11.9 Å². The molecule has 0 amide bonds. The largest absolute Gasteiger partial charge is 0.618 e. The number of thiazole rings is 1. The second-order valence-electron chi connectivity index (χ2n) is 4.87. The summed E-state index contributed by atoms with van der Waals surface area (Å²) in [4.78, 5) is 4.42. The van der Waals surface area contributed by atoms with E-state index in [1.54, 1.807) is 18.2 Å². The minimum atomic E-state index is -4.34. The highest BCUT2D eigenvalue weighted by Crippen LogP contribution is 2.32. The number of alkyl halides is 3. The van der Waals surface area contributed by atoms with Crippen LogP contribution in [0.2, 0.25) is 0 Å². The Morgan fingerprint density at radius 3 is 2.54 bits per heavy atom. The minimum absolute atomic E-state index is 0.517. The third-order valence-electron chi connectivity index (χ3n) is 3.17. The van der Waals surface area contributed by atoms with Crippen molar-refractivity contribution in [3.8, 4) is 10.6 Å². The molecule has 0 unspecified atom stereocenters. The smallest absolute Gasteiger partial charge is 0.416 e. The molecule has 3 rings (SSSR count). The van der Waals surface area contributed by atoms with Crippen LogP contribution in [0.15, 0.2) is 59.1 Å². The molecule has 2 aromatic heterocycles. The van der Waals surface area contributed by atoms with Gasteiger partial charge in [0.2, 0.25) is 0 Å². The van der Waals surface area contributed by atoms with Gasteiger partial charge in [0.15, 0.2) is 6.20 Å². The molecule has 0 spiro atoms. The lowest BCUT2D eigenvalue weighted by atomic mass is 10.1. The molecule has 0 N–H and O–H groups in total. The quantitative estimate of drug-likeness (QED) is 0.379. The van der Waals surface area contributed by atoms with Gasteiger partial charge in [0.25, 0.3) is 5.03 Å². The number of halogens is 3. The van der Waals surface area contributed by atoms with Crippen molar-refractivity contribution in [3.05, 3.63) is 70.5 Å². The van der Waals surface area contributed by atoms with Crippen LogP contribution in [0, 0.1) is 5.21 Å². The molecule has 3 nitrogen and oxygen atoms in total. The summed E-state index contributed by atoms with van der Waals surface area (Å²) < 4.78 is 38.5. The monoisotopic (exact) mass is 368 g/mol. The molecular formula is C16H11F3N2OS2. The van der Waals surface area contributed by atoms with Crippen molar-refractivity contribution in [3.63, 3.8) is 0 Å². The van der Waals surface area contributed by atoms with E-state index in [4.69, 9.17) is 0 Å². The van der Waals surface area contributed by atoms with E-state index in [0.717, 1.165) is 22.6 Å². The lowest BCUT2D eigenvalue weighted by Gasteiger charge is -2.06. The molecule has 124 valence electrons. The fourth-order valence-electron chi connectivity index (χ4n) is 1.98. The molecule has 24 heavy (non-hydrogen) atoms. The van der Waals surface area contributed by atoms with Crippen molar-refractivity contribution in [1.29, 1.82) is 0 Å². The molecular weight excluding hydrogens is 357 g/mol. The molecule has 0 saturated heterocycles. The lowest BCUT2D eigenvalue weighted by Crippen LogP contribution is -2.27. The van der Waals surface area contributed by atoms with Gasteiger partial charge in [-0.25, -0.2) is 4.98 Å². The zero-order valence-electron chi connectivity index (χ0n) is 12.2. The van der Waals surface area contributed by atoms with Crippen LogP contribution in [0.3, 0.4) is 0 Å². The number of hydrogen-bond donors (Lipinski definition) is 0. The molecule has 0 fully saturated rings. The molecule has 1 aromatic carbocycles. The molecule has 3 aromatic rings. The number of nitrogens with zero attached hydrogens (tertiary/aromatic N) is 2. The van der Waals surface area contributed by atoms with E-state index in [-0.39, 0.29) is 0 Å². The summed E-state index contributed by atoms with van der Waals surface area (Å²) in [5, 5.41) is 14.6. The van der Waals surface area contributed by atoms with E-state index in [1.807, 2.05) is 5.38 Å². The summed E-state index contributed by atoms with van der Waals surface area (Å²) in [6.07, 6.45) is -2.91. The Balaban J connectivity index is 1.70. The predicted octanol–water partition coefficient (Wildman–Crippen LogP) is 4.75. The van der Waals surface area contributed by atoms with Crippen molar-refractivity contribution in [1.82, 2.24) is 4.98 Å². The minimum Gasteiger partial charge on any atom is -0.618 e. The molecule has 0 aliphatic heterocycles. The van der Waals surface area contributed by atoms with Gasteiger partial charge < -0.3 is 5.21 Å². The molecule has 0 saturated carbocycles. The average Bonchev–Trinajstić information content (AvgIpc) is 3.02. The van der Waals surface area contributed by atoms with E-state index < -0.39 is 11.7 Å². The number of thioether (sulfide) groups is 1. The Bertz CT molecular complexity index is 832. The Morgan fingerprint density at radius 2 is 1.88 bits per heavy atom. The Hall–Kier alpha value is -2.06. The van der Waals surface area contributed by atoms with E-state index >= 15 is 0 Å². The summed E-state index contributed by atoms with van der Waals surface area (Å²) in [5.41, 5.74) is 0.745. The van der Waals surface area contributed by atoms with Crippen LogP contribution in [0.4, 0.5) is 13.2 Å². The fraction of sp³-hybridized carbons (Fsp3) is 0.125. The molecule has 8 heteroatoms. The molecule has 0 bridgehead atoms. The Morgan fingerprint density at radius 1 is 1.12 bits per heavy atom. The highest BCUT2D eigenvalue weighted by atomic mass is 32.2. The predicted molar refractivity (Wildman–Crippen MR) is 87.5 cm³/mol. The number of aromatic nitrogens is 2. The first-order chi connectivity index (χ1) is 11.4. The van der Waals surface area contributed by atoms with E-state index in [1.165, 1.54) is 41.4 Å². The molecule has 2 heterocycles.